The molecule has 1 unspecified atom stereocenters. The number of rotatable bonds is 5. The van der Waals surface area contributed by atoms with Crippen molar-refractivity contribution in [1.82, 2.24) is 30.0 Å². The zero-order valence-corrected chi connectivity index (χ0v) is 20.4. The zero-order valence-electron chi connectivity index (χ0n) is 20.4. The van der Waals surface area contributed by atoms with E-state index < -0.39 is 0 Å². The molecular weight excluding hydrogens is 452 g/mol. The van der Waals surface area contributed by atoms with Gasteiger partial charge in [-0.1, -0.05) is 36.4 Å². The van der Waals surface area contributed by atoms with E-state index >= 15 is 0 Å². The first-order valence-electron chi connectivity index (χ1n) is 12.6. The second-order valence-corrected chi connectivity index (χ2v) is 10.3. The van der Waals surface area contributed by atoms with Crippen molar-refractivity contribution in [3.63, 3.8) is 0 Å². The fourth-order valence-corrected chi connectivity index (χ4v) is 5.70. The number of imidazole rings is 1. The maximum Gasteiger partial charge on any atom is 0.275 e. The summed E-state index contributed by atoms with van der Waals surface area (Å²) in [6.07, 6.45) is 9.09. The smallest absolute Gasteiger partial charge is 0.275 e. The summed E-state index contributed by atoms with van der Waals surface area (Å²) in [5, 5.41) is 11.5. The largest absolute Gasteiger partial charge is 0.352 e. The molecule has 184 valence electrons. The van der Waals surface area contributed by atoms with E-state index in [9.17, 15) is 9.59 Å². The highest BCUT2D eigenvalue weighted by atomic mass is 16.2. The molecule has 2 amide bonds. The number of likely N-dealkylation sites (tertiary alicyclic amines) is 1. The highest BCUT2D eigenvalue weighted by molar-refractivity contribution is 6.05. The summed E-state index contributed by atoms with van der Waals surface area (Å²) in [4.78, 5) is 31.8. The highest BCUT2D eigenvalue weighted by Crippen LogP contribution is 2.44. The number of aromatic nitrogens is 4. The summed E-state index contributed by atoms with van der Waals surface area (Å²) in [5.74, 6) is 0.0177. The minimum absolute atomic E-state index is 0.0103. The van der Waals surface area contributed by atoms with Gasteiger partial charge in [0, 0.05) is 42.3 Å². The quantitative estimate of drug-likeness (QED) is 0.446. The van der Waals surface area contributed by atoms with Gasteiger partial charge in [-0.15, -0.1) is 0 Å². The number of hydrogen-bond donors (Lipinski definition) is 2. The fraction of sp³-hybridized carbons (Fsp3) is 0.357. The van der Waals surface area contributed by atoms with Crippen LogP contribution in [0.4, 0.5) is 0 Å². The molecule has 6 rings (SSSR count). The summed E-state index contributed by atoms with van der Waals surface area (Å²) in [6, 6.07) is 16.2. The van der Waals surface area contributed by atoms with Crippen molar-refractivity contribution in [2.24, 2.45) is 5.41 Å². The molecule has 2 aliphatic rings. The van der Waals surface area contributed by atoms with E-state index in [0.29, 0.717) is 5.69 Å². The second-order valence-electron chi connectivity index (χ2n) is 10.3. The lowest BCUT2D eigenvalue weighted by atomic mass is 9.67. The molecule has 2 aromatic heterocycles. The molecule has 2 N–H and O–H groups in total. The lowest BCUT2D eigenvalue weighted by Gasteiger charge is -2.53. The summed E-state index contributed by atoms with van der Waals surface area (Å²) in [6.45, 7) is 3.40. The van der Waals surface area contributed by atoms with E-state index in [1.165, 1.54) is 0 Å². The van der Waals surface area contributed by atoms with Crippen LogP contribution in [0.15, 0.2) is 67.3 Å². The molecule has 1 saturated heterocycles. The predicted molar refractivity (Wildman–Crippen MR) is 137 cm³/mol. The molecule has 36 heavy (non-hydrogen) atoms. The first-order chi connectivity index (χ1) is 17.5. The molecule has 1 aliphatic heterocycles. The Labute approximate surface area is 209 Å². The Balaban J connectivity index is 1.05. The van der Waals surface area contributed by atoms with Crippen LogP contribution >= 0.6 is 0 Å². The normalized spacial score (nSPS) is 18.2. The van der Waals surface area contributed by atoms with Gasteiger partial charge in [0.05, 0.1) is 11.8 Å². The van der Waals surface area contributed by atoms with E-state index in [1.807, 2.05) is 52.9 Å². The van der Waals surface area contributed by atoms with Crippen molar-refractivity contribution in [2.45, 2.75) is 44.7 Å². The van der Waals surface area contributed by atoms with Crippen LogP contribution in [0.2, 0.25) is 0 Å². The van der Waals surface area contributed by atoms with E-state index in [1.54, 1.807) is 12.5 Å². The molecule has 0 radical (unpaired) electrons. The third-order valence-corrected chi connectivity index (χ3v) is 7.96. The van der Waals surface area contributed by atoms with Gasteiger partial charge in [0.2, 0.25) is 5.91 Å². The lowest BCUT2D eigenvalue weighted by Crippen LogP contribution is -2.60. The van der Waals surface area contributed by atoms with Crippen molar-refractivity contribution < 1.29 is 9.59 Å². The van der Waals surface area contributed by atoms with Crippen LogP contribution in [0.1, 0.15) is 49.1 Å². The average molecular weight is 483 g/mol. The van der Waals surface area contributed by atoms with Gasteiger partial charge < -0.3 is 14.8 Å². The Bertz CT molecular complexity index is 1380. The van der Waals surface area contributed by atoms with Gasteiger partial charge in [-0.05, 0) is 55.9 Å². The third-order valence-electron chi connectivity index (χ3n) is 7.96. The molecule has 4 aromatic rings. The highest BCUT2D eigenvalue weighted by Gasteiger charge is 2.47. The maximum absolute atomic E-state index is 13.3. The van der Waals surface area contributed by atoms with E-state index in [2.05, 4.69) is 38.7 Å². The Morgan fingerprint density at radius 2 is 1.86 bits per heavy atom. The predicted octanol–water partition coefficient (Wildman–Crippen LogP) is 4.19. The van der Waals surface area contributed by atoms with Crippen LogP contribution in [-0.2, 0) is 4.79 Å². The van der Waals surface area contributed by atoms with Crippen molar-refractivity contribution >= 4 is 22.7 Å². The molecule has 8 nitrogen and oxygen atoms in total. The summed E-state index contributed by atoms with van der Waals surface area (Å²) in [7, 11) is 0. The van der Waals surface area contributed by atoms with Crippen LogP contribution in [0.3, 0.4) is 0 Å². The monoisotopic (exact) mass is 482 g/mol. The minimum Gasteiger partial charge on any atom is -0.352 e. The summed E-state index contributed by atoms with van der Waals surface area (Å²) >= 11 is 0. The van der Waals surface area contributed by atoms with Gasteiger partial charge in [-0.25, -0.2) is 4.98 Å². The Morgan fingerprint density at radius 3 is 2.58 bits per heavy atom. The number of H-pyrrole nitrogens is 1. The SMILES string of the molecule is CC(C(=O)NC1CCC2(CC1)CN(C(=O)c1n[nH]c3cc(-c4ccccc4)ccc13)C2)n1ccnc1. The Hall–Kier alpha value is -3.94. The molecule has 0 bridgehead atoms. The average Bonchev–Trinajstić information content (AvgIpc) is 3.58. The molecule has 2 aromatic carbocycles. The summed E-state index contributed by atoms with van der Waals surface area (Å²) < 4.78 is 1.82. The first kappa shape index (κ1) is 22.5. The van der Waals surface area contributed by atoms with E-state index in [-0.39, 0.29) is 29.3 Å². The molecule has 2 fully saturated rings. The fourth-order valence-electron chi connectivity index (χ4n) is 5.70. The first-order valence-corrected chi connectivity index (χ1v) is 12.6. The number of aromatic amines is 1. The van der Waals surface area contributed by atoms with Gasteiger partial charge in [-0.3, -0.25) is 14.7 Å². The number of hydrogen-bond acceptors (Lipinski definition) is 4. The van der Waals surface area contributed by atoms with Gasteiger partial charge >= 0.3 is 0 Å². The van der Waals surface area contributed by atoms with E-state index in [4.69, 9.17) is 0 Å². The second kappa shape index (κ2) is 8.93. The zero-order chi connectivity index (χ0) is 24.7. The van der Waals surface area contributed by atoms with Crippen LogP contribution in [0.25, 0.3) is 22.0 Å². The van der Waals surface area contributed by atoms with Crippen molar-refractivity contribution in [3.8, 4) is 11.1 Å². The molecule has 8 heteroatoms. The van der Waals surface area contributed by atoms with Crippen molar-refractivity contribution in [3.05, 3.63) is 72.9 Å². The van der Waals surface area contributed by atoms with Crippen molar-refractivity contribution in [2.75, 3.05) is 13.1 Å². The Kier molecular flexibility index (Phi) is 5.59. The molecular formula is C28H30N6O2. The topological polar surface area (TPSA) is 95.9 Å². The maximum atomic E-state index is 13.3. The molecule has 1 spiro atoms. The lowest BCUT2D eigenvalue weighted by molar-refractivity contribution is -0.125. The number of carbonyl (C=O) groups is 2. The number of carbonyl (C=O) groups excluding carboxylic acids is 2. The van der Waals surface area contributed by atoms with Crippen molar-refractivity contribution in [1.29, 1.82) is 0 Å². The van der Waals surface area contributed by atoms with Crippen LogP contribution in [0, 0.1) is 5.41 Å². The number of fused-ring (bicyclic) bond motifs is 1. The Morgan fingerprint density at radius 1 is 1.08 bits per heavy atom. The molecule has 1 atom stereocenters. The molecule has 3 heterocycles. The third kappa shape index (κ3) is 4.06. The number of nitrogens with zero attached hydrogens (tertiary/aromatic N) is 4. The van der Waals surface area contributed by atoms with Gasteiger partial charge in [0.1, 0.15) is 6.04 Å². The standard InChI is InChI=1S/C28H30N6O2/c1-19(33-14-13-29-18-33)26(35)30-22-9-11-28(12-10-22)16-34(17-28)27(36)25-23-8-7-21(15-24(23)31-32-25)20-5-3-2-4-6-20/h2-8,13-15,18-19,22H,9-12,16-17H2,1H3,(H,30,35)(H,31,32). The molecule has 1 saturated carbocycles. The van der Waals surface area contributed by atoms with Crippen LogP contribution in [-0.4, -0.2) is 55.6 Å². The van der Waals surface area contributed by atoms with Gasteiger partial charge in [-0.2, -0.15) is 5.10 Å². The number of benzene rings is 2. The summed E-state index contributed by atoms with van der Waals surface area (Å²) in [5.41, 5.74) is 3.76. The number of amides is 2. The van der Waals surface area contributed by atoms with Gasteiger partial charge in [0.15, 0.2) is 5.69 Å². The van der Waals surface area contributed by atoms with Gasteiger partial charge in [0.25, 0.3) is 5.91 Å². The van der Waals surface area contributed by atoms with Crippen LogP contribution in [0.5, 0.6) is 0 Å². The minimum atomic E-state index is -0.271. The van der Waals surface area contributed by atoms with E-state index in [0.717, 1.165) is 60.8 Å². The van der Waals surface area contributed by atoms with Crippen LogP contribution < -0.4 is 5.32 Å². The molecule has 1 aliphatic carbocycles. The number of nitrogens with one attached hydrogen (secondary N) is 2.